The van der Waals surface area contributed by atoms with E-state index in [4.69, 9.17) is 5.26 Å². The maximum atomic E-state index is 11.5. The van der Waals surface area contributed by atoms with E-state index < -0.39 is 10.8 Å². The van der Waals surface area contributed by atoms with Crippen molar-refractivity contribution in [2.75, 3.05) is 29.5 Å². The summed E-state index contributed by atoms with van der Waals surface area (Å²) in [5.41, 5.74) is 4.77. The molecule has 6 heteroatoms. The molecular weight excluding hydrogens is 344 g/mol. The molecule has 0 saturated carbocycles. The van der Waals surface area contributed by atoms with Crippen molar-refractivity contribution in [1.82, 2.24) is 9.78 Å². The smallest absolute Gasteiger partial charge is 0.0992 e. The highest BCUT2D eigenvalue weighted by atomic mass is 32.2. The molecule has 1 saturated heterocycles. The number of benzene rings is 2. The quantitative estimate of drug-likeness (QED) is 0.719. The molecule has 0 unspecified atom stereocenters. The van der Waals surface area contributed by atoms with Gasteiger partial charge in [-0.2, -0.15) is 10.4 Å². The molecule has 0 aliphatic carbocycles. The summed E-state index contributed by atoms with van der Waals surface area (Å²) in [5, 5.41) is 13.5. The molecule has 1 aliphatic heterocycles. The van der Waals surface area contributed by atoms with Gasteiger partial charge in [0.05, 0.1) is 23.5 Å². The van der Waals surface area contributed by atoms with Crippen LogP contribution in [-0.4, -0.2) is 38.6 Å². The van der Waals surface area contributed by atoms with Crippen molar-refractivity contribution in [3.05, 3.63) is 66.5 Å². The first-order valence-corrected chi connectivity index (χ1v) is 9.97. The summed E-state index contributed by atoms with van der Waals surface area (Å²) in [5.74, 6) is 1.49. The van der Waals surface area contributed by atoms with Gasteiger partial charge in [0.1, 0.15) is 0 Å². The van der Waals surface area contributed by atoms with E-state index in [1.807, 2.05) is 30.6 Å². The standard InChI is InChI=1S/C20H18N4OS/c21-13-16-2-1-3-20(12-16)24-15-18(14-22-24)17-4-6-19(7-5-17)23-8-10-26(25)11-9-23/h1-7,12,14-15H,8-11H2. The van der Waals surface area contributed by atoms with Crippen LogP contribution < -0.4 is 4.90 Å². The SMILES string of the molecule is N#Cc1cccc(-n2cc(-c3ccc(N4CCS(=O)CC4)cc3)cn2)c1. The summed E-state index contributed by atoms with van der Waals surface area (Å²) in [6.07, 6.45) is 3.80. The lowest BCUT2D eigenvalue weighted by Gasteiger charge is -2.28. The predicted molar refractivity (Wildman–Crippen MR) is 104 cm³/mol. The highest BCUT2D eigenvalue weighted by Crippen LogP contribution is 2.24. The molecule has 1 aliphatic rings. The van der Waals surface area contributed by atoms with Gasteiger partial charge in [0.25, 0.3) is 0 Å². The third-order valence-electron chi connectivity index (χ3n) is 4.57. The van der Waals surface area contributed by atoms with Gasteiger partial charge in [-0.15, -0.1) is 0 Å². The molecule has 4 rings (SSSR count). The second kappa shape index (κ2) is 7.14. The van der Waals surface area contributed by atoms with Crippen molar-refractivity contribution in [2.45, 2.75) is 0 Å². The van der Waals surface area contributed by atoms with E-state index in [0.29, 0.717) is 5.56 Å². The second-order valence-electron chi connectivity index (χ2n) is 6.22. The summed E-state index contributed by atoms with van der Waals surface area (Å²) < 4.78 is 13.3. The zero-order valence-electron chi connectivity index (χ0n) is 14.2. The maximum absolute atomic E-state index is 11.5. The van der Waals surface area contributed by atoms with Crippen molar-refractivity contribution < 1.29 is 4.21 Å². The largest absolute Gasteiger partial charge is 0.370 e. The fourth-order valence-corrected chi connectivity index (χ4v) is 4.14. The van der Waals surface area contributed by atoms with Gasteiger partial charge in [-0.1, -0.05) is 18.2 Å². The van der Waals surface area contributed by atoms with E-state index in [2.05, 4.69) is 40.3 Å². The molecule has 0 spiro atoms. The summed E-state index contributed by atoms with van der Waals surface area (Å²) in [4.78, 5) is 2.28. The van der Waals surface area contributed by atoms with E-state index in [1.54, 1.807) is 10.7 Å². The van der Waals surface area contributed by atoms with E-state index in [1.165, 1.54) is 5.69 Å². The van der Waals surface area contributed by atoms with Crippen LogP contribution in [0.3, 0.4) is 0 Å². The van der Waals surface area contributed by atoms with Crippen molar-refractivity contribution >= 4 is 16.5 Å². The van der Waals surface area contributed by atoms with E-state index in [0.717, 1.165) is 41.4 Å². The first-order valence-electron chi connectivity index (χ1n) is 8.48. The Bertz CT molecular complexity index is 978. The number of nitrogens with zero attached hydrogens (tertiary/aromatic N) is 4. The number of nitriles is 1. The number of anilines is 1. The predicted octanol–water partition coefficient (Wildman–Crippen LogP) is 2.98. The monoisotopic (exact) mass is 362 g/mol. The Balaban J connectivity index is 1.54. The molecule has 0 bridgehead atoms. The molecule has 2 aromatic carbocycles. The average Bonchev–Trinajstić information content (AvgIpc) is 3.19. The Morgan fingerprint density at radius 3 is 2.50 bits per heavy atom. The van der Waals surface area contributed by atoms with Crippen molar-refractivity contribution in [3.63, 3.8) is 0 Å². The number of rotatable bonds is 3. The van der Waals surface area contributed by atoms with Crippen LogP contribution in [0.2, 0.25) is 0 Å². The third kappa shape index (κ3) is 3.39. The van der Waals surface area contributed by atoms with Crippen molar-refractivity contribution in [2.24, 2.45) is 0 Å². The highest BCUT2D eigenvalue weighted by molar-refractivity contribution is 7.85. The normalized spacial score (nSPS) is 15.0. The third-order valence-corrected chi connectivity index (χ3v) is 5.84. The Morgan fingerprint density at radius 1 is 1.00 bits per heavy atom. The molecule has 0 N–H and O–H groups in total. The number of aromatic nitrogens is 2. The van der Waals surface area contributed by atoms with Crippen molar-refractivity contribution in [3.8, 4) is 22.9 Å². The molecule has 0 atom stereocenters. The molecule has 0 amide bonds. The minimum absolute atomic E-state index is 0.617. The van der Waals surface area contributed by atoms with Crippen LogP contribution in [0, 0.1) is 11.3 Å². The van der Waals surface area contributed by atoms with Crippen LogP contribution in [0.15, 0.2) is 60.9 Å². The molecule has 3 aromatic rings. The van der Waals surface area contributed by atoms with Gasteiger partial charge in [0.2, 0.25) is 0 Å². The van der Waals surface area contributed by atoms with Gasteiger partial charge in [0, 0.05) is 52.8 Å². The summed E-state index contributed by atoms with van der Waals surface area (Å²) >= 11 is 0. The van der Waals surface area contributed by atoms with Crippen LogP contribution in [0.5, 0.6) is 0 Å². The Labute approximate surface area is 154 Å². The van der Waals surface area contributed by atoms with Gasteiger partial charge in [-0.3, -0.25) is 4.21 Å². The molecule has 1 aromatic heterocycles. The van der Waals surface area contributed by atoms with Crippen LogP contribution >= 0.6 is 0 Å². The van der Waals surface area contributed by atoms with Crippen LogP contribution in [0.25, 0.3) is 16.8 Å². The maximum Gasteiger partial charge on any atom is 0.0992 e. The highest BCUT2D eigenvalue weighted by Gasteiger charge is 2.15. The molecule has 0 radical (unpaired) electrons. The van der Waals surface area contributed by atoms with Crippen LogP contribution in [0.1, 0.15) is 5.56 Å². The minimum Gasteiger partial charge on any atom is -0.370 e. The molecule has 1 fully saturated rings. The topological polar surface area (TPSA) is 61.9 Å². The van der Waals surface area contributed by atoms with Gasteiger partial charge in [-0.25, -0.2) is 4.68 Å². The lowest BCUT2D eigenvalue weighted by Crippen LogP contribution is -2.37. The van der Waals surface area contributed by atoms with Gasteiger partial charge in [0.15, 0.2) is 0 Å². The molecule has 130 valence electrons. The Morgan fingerprint density at radius 2 is 1.77 bits per heavy atom. The van der Waals surface area contributed by atoms with Gasteiger partial charge >= 0.3 is 0 Å². The molecular formula is C20H18N4OS. The summed E-state index contributed by atoms with van der Waals surface area (Å²) in [7, 11) is -0.660. The Hall–Kier alpha value is -2.91. The molecule has 5 nitrogen and oxygen atoms in total. The van der Waals surface area contributed by atoms with Gasteiger partial charge < -0.3 is 4.90 Å². The van der Waals surface area contributed by atoms with E-state index in [-0.39, 0.29) is 0 Å². The lowest BCUT2D eigenvalue weighted by molar-refractivity contribution is 0.673. The van der Waals surface area contributed by atoms with Crippen molar-refractivity contribution in [1.29, 1.82) is 5.26 Å². The first kappa shape index (κ1) is 16.6. The fraction of sp³-hybridized carbons (Fsp3) is 0.200. The molecule has 2 heterocycles. The first-order chi connectivity index (χ1) is 12.7. The van der Waals surface area contributed by atoms with Crippen LogP contribution in [0.4, 0.5) is 5.69 Å². The molecule has 26 heavy (non-hydrogen) atoms. The van der Waals surface area contributed by atoms with Gasteiger partial charge in [-0.05, 0) is 35.9 Å². The number of hydrogen-bond donors (Lipinski definition) is 0. The second-order valence-corrected chi connectivity index (χ2v) is 7.91. The van der Waals surface area contributed by atoms with Crippen LogP contribution in [-0.2, 0) is 10.8 Å². The zero-order chi connectivity index (χ0) is 17.9. The minimum atomic E-state index is -0.660. The zero-order valence-corrected chi connectivity index (χ0v) is 15.0. The lowest BCUT2D eigenvalue weighted by atomic mass is 10.1. The number of hydrogen-bond acceptors (Lipinski definition) is 4. The summed E-state index contributed by atoms with van der Waals surface area (Å²) in [6, 6.07) is 17.9. The van der Waals surface area contributed by atoms with E-state index >= 15 is 0 Å². The average molecular weight is 362 g/mol. The fourth-order valence-electron chi connectivity index (χ4n) is 3.09. The van der Waals surface area contributed by atoms with E-state index in [9.17, 15) is 4.21 Å². The summed E-state index contributed by atoms with van der Waals surface area (Å²) in [6.45, 7) is 1.69. The Kier molecular flexibility index (Phi) is 4.55.